The Kier molecular flexibility index (Phi) is 3.67. The number of hydrogen-bond donors (Lipinski definition) is 0. The second-order valence-electron chi connectivity index (χ2n) is 9.19. The molecule has 5 heterocycles. The molecule has 0 radical (unpaired) electrons. The van der Waals surface area contributed by atoms with Gasteiger partial charge in [-0.25, -0.2) is 4.79 Å². The number of amides is 3. The summed E-state index contributed by atoms with van der Waals surface area (Å²) < 4.78 is 11.8. The van der Waals surface area contributed by atoms with Gasteiger partial charge in [-0.15, -0.1) is 0 Å². The number of fused-ring (bicyclic) bond motifs is 1. The first-order valence-corrected chi connectivity index (χ1v) is 10.2. The molecule has 3 amide bonds. The average molecular weight is 389 g/mol. The van der Waals surface area contributed by atoms with Gasteiger partial charge < -0.3 is 24.2 Å². The number of hydrogen-bond acceptors (Lipinski definition) is 5. The second kappa shape index (κ2) is 5.72. The monoisotopic (exact) mass is 389 g/mol. The summed E-state index contributed by atoms with van der Waals surface area (Å²) in [4.78, 5) is 43.5. The van der Waals surface area contributed by atoms with Gasteiger partial charge in [-0.3, -0.25) is 9.59 Å². The Morgan fingerprint density at radius 1 is 1.21 bits per heavy atom. The standard InChI is InChI=1S/C20H27N3O5/c1-12(2)23-11-20-5-4-13(27-20)14(15(20)17(23)25)16(24)22-8-6-19(7-9-22)10-21(3)18(26)28-19/h4-5,12-15H,6-11H2,1-3H3/t13?,14?,15?,20-/m0/s1. The van der Waals surface area contributed by atoms with Gasteiger partial charge in [0, 0.05) is 39.0 Å². The molecule has 4 atom stereocenters. The smallest absolute Gasteiger partial charge is 0.410 e. The van der Waals surface area contributed by atoms with E-state index in [-0.39, 0.29) is 30.1 Å². The third kappa shape index (κ3) is 2.30. The molecule has 0 aliphatic carbocycles. The first-order valence-electron chi connectivity index (χ1n) is 10.2. The molecular weight excluding hydrogens is 362 g/mol. The maximum atomic E-state index is 13.4. The van der Waals surface area contributed by atoms with E-state index in [1.807, 2.05) is 35.8 Å². The van der Waals surface area contributed by atoms with Crippen molar-refractivity contribution in [1.82, 2.24) is 14.7 Å². The van der Waals surface area contributed by atoms with Gasteiger partial charge in [0.2, 0.25) is 11.8 Å². The Labute approximate surface area is 164 Å². The third-order valence-electron chi connectivity index (χ3n) is 7.17. The molecule has 2 spiro atoms. The minimum absolute atomic E-state index is 0.00675. The van der Waals surface area contributed by atoms with Crippen LogP contribution in [0.25, 0.3) is 0 Å². The first-order chi connectivity index (χ1) is 13.3. The van der Waals surface area contributed by atoms with Crippen molar-refractivity contribution >= 4 is 17.9 Å². The molecular formula is C20H27N3O5. The minimum Gasteiger partial charge on any atom is -0.441 e. The van der Waals surface area contributed by atoms with Crippen LogP contribution in [0.4, 0.5) is 4.79 Å². The lowest BCUT2D eigenvalue weighted by Gasteiger charge is -2.39. The topological polar surface area (TPSA) is 79.4 Å². The van der Waals surface area contributed by atoms with E-state index in [1.54, 1.807) is 11.9 Å². The van der Waals surface area contributed by atoms with Crippen LogP contribution in [-0.2, 0) is 19.1 Å². The lowest BCUT2D eigenvalue weighted by Crippen LogP contribution is -2.52. The molecule has 5 aliphatic rings. The van der Waals surface area contributed by atoms with Crippen LogP contribution in [0.3, 0.4) is 0 Å². The van der Waals surface area contributed by atoms with E-state index in [9.17, 15) is 14.4 Å². The molecule has 2 bridgehead atoms. The molecule has 5 rings (SSSR count). The highest BCUT2D eigenvalue weighted by atomic mass is 16.6. The quantitative estimate of drug-likeness (QED) is 0.647. The number of carbonyl (C=O) groups excluding carboxylic acids is 3. The minimum atomic E-state index is -0.646. The van der Waals surface area contributed by atoms with Crippen LogP contribution >= 0.6 is 0 Å². The zero-order valence-electron chi connectivity index (χ0n) is 16.6. The van der Waals surface area contributed by atoms with Gasteiger partial charge in [-0.1, -0.05) is 12.2 Å². The summed E-state index contributed by atoms with van der Waals surface area (Å²) in [7, 11) is 1.74. The van der Waals surface area contributed by atoms with E-state index < -0.39 is 23.0 Å². The largest absolute Gasteiger partial charge is 0.441 e. The fourth-order valence-electron chi connectivity index (χ4n) is 5.64. The summed E-state index contributed by atoms with van der Waals surface area (Å²) in [5.74, 6) is -0.861. The molecule has 4 fully saturated rings. The van der Waals surface area contributed by atoms with Crippen molar-refractivity contribution in [2.75, 3.05) is 33.2 Å². The Bertz CT molecular complexity index is 772. The number of likely N-dealkylation sites (N-methyl/N-ethyl adjacent to an activating group) is 1. The van der Waals surface area contributed by atoms with E-state index in [2.05, 4.69) is 0 Å². The van der Waals surface area contributed by atoms with Gasteiger partial charge in [0.15, 0.2) is 0 Å². The number of carbonyl (C=O) groups is 3. The highest BCUT2D eigenvalue weighted by Crippen LogP contribution is 2.53. The van der Waals surface area contributed by atoms with Gasteiger partial charge in [0.1, 0.15) is 11.2 Å². The summed E-state index contributed by atoms with van der Waals surface area (Å²) in [5, 5.41) is 0. The Balaban J connectivity index is 1.32. The van der Waals surface area contributed by atoms with E-state index in [0.29, 0.717) is 39.0 Å². The van der Waals surface area contributed by atoms with Gasteiger partial charge in [0.25, 0.3) is 0 Å². The summed E-state index contributed by atoms with van der Waals surface area (Å²) in [5.41, 5.74) is -1.13. The highest BCUT2D eigenvalue weighted by molar-refractivity contribution is 5.93. The molecule has 0 aromatic carbocycles. The zero-order chi connectivity index (χ0) is 19.8. The Morgan fingerprint density at radius 2 is 1.93 bits per heavy atom. The van der Waals surface area contributed by atoms with Gasteiger partial charge >= 0.3 is 6.09 Å². The van der Waals surface area contributed by atoms with Crippen LogP contribution in [0.5, 0.6) is 0 Å². The first kappa shape index (κ1) is 18.0. The number of likely N-dealkylation sites (tertiary alicyclic amines) is 2. The Morgan fingerprint density at radius 3 is 2.54 bits per heavy atom. The van der Waals surface area contributed by atoms with Crippen molar-refractivity contribution in [3.63, 3.8) is 0 Å². The lowest BCUT2D eigenvalue weighted by atomic mass is 9.76. The Hall–Kier alpha value is -2.09. The molecule has 0 N–H and O–H groups in total. The molecule has 0 aromatic rings. The van der Waals surface area contributed by atoms with Gasteiger partial charge in [-0.2, -0.15) is 0 Å². The molecule has 152 valence electrons. The van der Waals surface area contributed by atoms with Crippen molar-refractivity contribution < 1.29 is 23.9 Å². The molecule has 0 saturated carbocycles. The number of nitrogens with zero attached hydrogens (tertiary/aromatic N) is 3. The molecule has 0 aromatic heterocycles. The van der Waals surface area contributed by atoms with E-state index in [1.165, 1.54) is 0 Å². The molecule has 8 nitrogen and oxygen atoms in total. The predicted octanol–water partition coefficient (Wildman–Crippen LogP) is 0.620. The lowest BCUT2D eigenvalue weighted by molar-refractivity contribution is -0.146. The summed E-state index contributed by atoms with van der Waals surface area (Å²) in [6.45, 7) is 6.15. The van der Waals surface area contributed by atoms with Crippen molar-refractivity contribution in [2.24, 2.45) is 11.8 Å². The number of rotatable bonds is 2. The van der Waals surface area contributed by atoms with Crippen molar-refractivity contribution in [3.05, 3.63) is 12.2 Å². The van der Waals surface area contributed by atoms with Gasteiger partial charge in [-0.05, 0) is 13.8 Å². The van der Waals surface area contributed by atoms with Gasteiger partial charge in [0.05, 0.1) is 31.0 Å². The molecule has 3 unspecified atom stereocenters. The number of ether oxygens (including phenoxy) is 2. The summed E-state index contributed by atoms with van der Waals surface area (Å²) >= 11 is 0. The second-order valence-corrected chi connectivity index (χ2v) is 9.19. The molecule has 5 aliphatic heterocycles. The fraction of sp³-hybridized carbons (Fsp3) is 0.750. The predicted molar refractivity (Wildman–Crippen MR) is 98.2 cm³/mol. The molecule has 28 heavy (non-hydrogen) atoms. The van der Waals surface area contributed by atoms with Crippen LogP contribution in [-0.4, -0.2) is 89.2 Å². The van der Waals surface area contributed by atoms with Crippen molar-refractivity contribution in [1.29, 1.82) is 0 Å². The molecule has 8 heteroatoms. The number of piperidine rings is 1. The van der Waals surface area contributed by atoms with E-state index in [4.69, 9.17) is 9.47 Å². The van der Waals surface area contributed by atoms with Crippen LogP contribution in [0.15, 0.2) is 12.2 Å². The van der Waals surface area contributed by atoms with Crippen LogP contribution in [0.1, 0.15) is 26.7 Å². The maximum absolute atomic E-state index is 13.4. The third-order valence-corrected chi connectivity index (χ3v) is 7.17. The van der Waals surface area contributed by atoms with E-state index in [0.717, 1.165) is 0 Å². The highest BCUT2D eigenvalue weighted by Gasteiger charge is 2.67. The van der Waals surface area contributed by atoms with Crippen LogP contribution in [0.2, 0.25) is 0 Å². The normalized spacial score (nSPS) is 38.1. The fourth-order valence-corrected chi connectivity index (χ4v) is 5.64. The zero-order valence-corrected chi connectivity index (χ0v) is 16.6. The van der Waals surface area contributed by atoms with Crippen LogP contribution in [0, 0.1) is 11.8 Å². The van der Waals surface area contributed by atoms with E-state index >= 15 is 0 Å². The SMILES string of the molecule is CC(C)N1C[C@]23C=CC(O2)C(C(=O)N2CCC4(CC2)CN(C)C(=O)O4)C3C1=O. The molecule has 4 saturated heterocycles. The van der Waals surface area contributed by atoms with Crippen molar-refractivity contribution in [2.45, 2.75) is 50.0 Å². The van der Waals surface area contributed by atoms with Crippen LogP contribution < -0.4 is 0 Å². The average Bonchev–Trinajstić information content (AvgIpc) is 3.35. The summed E-state index contributed by atoms with van der Waals surface area (Å²) in [6, 6.07) is 0.0863. The van der Waals surface area contributed by atoms with Crippen molar-refractivity contribution in [3.8, 4) is 0 Å². The summed E-state index contributed by atoms with van der Waals surface area (Å²) in [6.07, 6.45) is 4.59. The maximum Gasteiger partial charge on any atom is 0.410 e.